The van der Waals surface area contributed by atoms with Crippen molar-refractivity contribution in [3.05, 3.63) is 60.2 Å². The van der Waals surface area contributed by atoms with Gasteiger partial charge < -0.3 is 5.73 Å². The summed E-state index contributed by atoms with van der Waals surface area (Å²) in [4.78, 5) is 0. The highest BCUT2D eigenvalue weighted by Crippen LogP contribution is 2.60. The molecule has 1 nitrogen and oxygen atoms in total. The van der Waals surface area contributed by atoms with E-state index in [0.717, 1.165) is 11.1 Å². The van der Waals surface area contributed by atoms with Crippen LogP contribution in [0.5, 0.6) is 0 Å². The maximum Gasteiger partial charge on any atom is 0.260 e. The summed E-state index contributed by atoms with van der Waals surface area (Å²) < 4.78 is 27.0. The highest BCUT2D eigenvalue weighted by molar-refractivity contribution is 5.64. The Morgan fingerprint density at radius 2 is 1.42 bits per heavy atom. The van der Waals surface area contributed by atoms with Crippen molar-refractivity contribution in [2.75, 3.05) is 6.54 Å². The van der Waals surface area contributed by atoms with Gasteiger partial charge in [0, 0.05) is 13.0 Å². The molecule has 1 fully saturated rings. The van der Waals surface area contributed by atoms with Gasteiger partial charge in [-0.1, -0.05) is 54.6 Å². The van der Waals surface area contributed by atoms with Crippen molar-refractivity contribution in [2.24, 2.45) is 5.73 Å². The van der Waals surface area contributed by atoms with E-state index in [1.165, 1.54) is 0 Å². The van der Waals surface area contributed by atoms with Crippen LogP contribution in [0.15, 0.2) is 54.6 Å². The Morgan fingerprint density at radius 3 is 1.89 bits per heavy atom. The minimum Gasteiger partial charge on any atom is -0.329 e. The lowest BCUT2D eigenvalue weighted by Gasteiger charge is -2.14. The minimum absolute atomic E-state index is 0.00924. The summed E-state index contributed by atoms with van der Waals surface area (Å²) in [6, 6.07) is 17.2. The lowest BCUT2D eigenvalue weighted by Crippen LogP contribution is -2.26. The number of halogens is 2. The summed E-state index contributed by atoms with van der Waals surface area (Å²) >= 11 is 0. The molecule has 0 heterocycles. The maximum absolute atomic E-state index is 13.5. The van der Waals surface area contributed by atoms with Crippen LogP contribution in [-0.2, 0) is 5.41 Å². The lowest BCUT2D eigenvalue weighted by atomic mass is 9.93. The topological polar surface area (TPSA) is 26.0 Å². The molecule has 0 radical (unpaired) electrons. The Balaban J connectivity index is 1.93. The van der Waals surface area contributed by atoms with Crippen molar-refractivity contribution in [1.29, 1.82) is 0 Å². The van der Waals surface area contributed by atoms with Crippen LogP contribution in [0.1, 0.15) is 12.0 Å². The molecule has 1 saturated carbocycles. The highest BCUT2D eigenvalue weighted by atomic mass is 19.3. The fourth-order valence-electron chi connectivity index (χ4n) is 2.60. The smallest absolute Gasteiger partial charge is 0.260 e. The molecule has 0 aromatic heterocycles. The predicted octanol–water partition coefficient (Wildman–Crippen LogP) is 3.59. The number of alkyl halides is 2. The van der Waals surface area contributed by atoms with Crippen molar-refractivity contribution in [3.8, 4) is 11.1 Å². The number of nitrogens with two attached hydrogens (primary N) is 1. The molecule has 1 unspecified atom stereocenters. The highest BCUT2D eigenvalue weighted by Gasteiger charge is 2.70. The standard InChI is InChI=1S/C16H15F2N/c17-16(18)10-15(16,11-19)14-8-6-13(7-9-14)12-4-2-1-3-5-12/h1-9H,10-11,19H2. The molecule has 1 aliphatic carbocycles. The van der Waals surface area contributed by atoms with Crippen LogP contribution in [0.2, 0.25) is 0 Å². The van der Waals surface area contributed by atoms with Gasteiger partial charge in [-0.05, 0) is 16.7 Å². The number of rotatable bonds is 3. The van der Waals surface area contributed by atoms with Gasteiger partial charge in [0.15, 0.2) is 0 Å². The fraction of sp³-hybridized carbons (Fsp3) is 0.250. The second-order valence-electron chi connectivity index (χ2n) is 5.11. The van der Waals surface area contributed by atoms with Crippen LogP contribution in [0.3, 0.4) is 0 Å². The van der Waals surface area contributed by atoms with Crippen molar-refractivity contribution in [1.82, 2.24) is 0 Å². The van der Waals surface area contributed by atoms with Crippen LogP contribution < -0.4 is 5.73 Å². The molecule has 2 aromatic carbocycles. The maximum atomic E-state index is 13.5. The summed E-state index contributed by atoms with van der Waals surface area (Å²) in [6.45, 7) is -0.00924. The molecule has 3 heteroatoms. The molecular weight excluding hydrogens is 244 g/mol. The van der Waals surface area contributed by atoms with Crippen LogP contribution in [0, 0.1) is 0 Å². The van der Waals surface area contributed by atoms with Crippen LogP contribution in [0.25, 0.3) is 11.1 Å². The molecule has 2 aromatic rings. The monoisotopic (exact) mass is 259 g/mol. The van der Waals surface area contributed by atoms with Gasteiger partial charge in [0.1, 0.15) is 0 Å². The molecule has 0 saturated heterocycles. The van der Waals surface area contributed by atoms with E-state index in [4.69, 9.17) is 5.73 Å². The van der Waals surface area contributed by atoms with E-state index >= 15 is 0 Å². The predicted molar refractivity (Wildman–Crippen MR) is 72.2 cm³/mol. The average molecular weight is 259 g/mol. The Kier molecular flexibility index (Phi) is 2.68. The van der Waals surface area contributed by atoms with Gasteiger partial charge >= 0.3 is 0 Å². The summed E-state index contributed by atoms with van der Waals surface area (Å²) in [5.74, 6) is -2.66. The van der Waals surface area contributed by atoms with Crippen molar-refractivity contribution >= 4 is 0 Å². The Labute approximate surface area is 111 Å². The van der Waals surface area contributed by atoms with Crippen LogP contribution >= 0.6 is 0 Å². The molecule has 1 atom stereocenters. The molecule has 0 amide bonds. The third-order valence-electron chi connectivity index (χ3n) is 3.99. The number of benzene rings is 2. The molecular formula is C16H15F2N. The van der Waals surface area contributed by atoms with E-state index < -0.39 is 11.3 Å². The number of hydrogen-bond acceptors (Lipinski definition) is 1. The molecule has 0 aliphatic heterocycles. The normalized spacial score (nSPS) is 24.2. The number of hydrogen-bond donors (Lipinski definition) is 1. The van der Waals surface area contributed by atoms with Gasteiger partial charge in [0.2, 0.25) is 0 Å². The van der Waals surface area contributed by atoms with Crippen LogP contribution in [0.4, 0.5) is 8.78 Å². The van der Waals surface area contributed by atoms with Gasteiger partial charge in [0.25, 0.3) is 5.92 Å². The zero-order chi connectivity index (χ0) is 13.5. The van der Waals surface area contributed by atoms with Crippen molar-refractivity contribution in [2.45, 2.75) is 17.8 Å². The van der Waals surface area contributed by atoms with Gasteiger partial charge in [0.05, 0.1) is 5.41 Å². The fourth-order valence-corrected chi connectivity index (χ4v) is 2.60. The van der Waals surface area contributed by atoms with E-state index in [1.807, 2.05) is 42.5 Å². The SMILES string of the molecule is NCC1(c2ccc(-c3ccccc3)cc2)CC1(F)F. The Bertz CT molecular complexity index is 577. The van der Waals surface area contributed by atoms with E-state index in [1.54, 1.807) is 12.1 Å². The van der Waals surface area contributed by atoms with Gasteiger partial charge in [-0.3, -0.25) is 0 Å². The van der Waals surface area contributed by atoms with Crippen molar-refractivity contribution < 1.29 is 8.78 Å². The zero-order valence-electron chi connectivity index (χ0n) is 10.4. The second kappa shape index (κ2) is 4.14. The first-order valence-corrected chi connectivity index (χ1v) is 6.33. The second-order valence-corrected chi connectivity index (χ2v) is 5.11. The summed E-state index contributed by atoms with van der Waals surface area (Å²) in [7, 11) is 0. The van der Waals surface area contributed by atoms with E-state index in [9.17, 15) is 8.78 Å². The first-order chi connectivity index (χ1) is 9.09. The average Bonchev–Trinajstić information content (AvgIpc) is 3.03. The molecule has 2 N–H and O–H groups in total. The first kappa shape index (κ1) is 12.3. The van der Waals surface area contributed by atoms with E-state index in [0.29, 0.717) is 5.56 Å². The minimum atomic E-state index is -2.66. The molecule has 0 spiro atoms. The summed E-state index contributed by atoms with van der Waals surface area (Å²) in [5.41, 5.74) is 7.16. The van der Waals surface area contributed by atoms with E-state index in [2.05, 4.69) is 0 Å². The van der Waals surface area contributed by atoms with Gasteiger partial charge in [-0.2, -0.15) is 0 Å². The molecule has 0 bridgehead atoms. The molecule has 1 aliphatic rings. The van der Waals surface area contributed by atoms with E-state index in [-0.39, 0.29) is 13.0 Å². The Hall–Kier alpha value is -1.74. The molecule has 19 heavy (non-hydrogen) atoms. The van der Waals surface area contributed by atoms with Gasteiger partial charge in [-0.25, -0.2) is 8.78 Å². The van der Waals surface area contributed by atoms with Crippen molar-refractivity contribution in [3.63, 3.8) is 0 Å². The quantitative estimate of drug-likeness (QED) is 0.895. The van der Waals surface area contributed by atoms with Crippen LogP contribution in [-0.4, -0.2) is 12.5 Å². The largest absolute Gasteiger partial charge is 0.329 e. The van der Waals surface area contributed by atoms with Gasteiger partial charge in [-0.15, -0.1) is 0 Å². The third kappa shape index (κ3) is 1.85. The summed E-state index contributed by atoms with van der Waals surface area (Å²) in [5, 5.41) is 0. The zero-order valence-corrected chi connectivity index (χ0v) is 10.4. The molecule has 98 valence electrons. The summed E-state index contributed by atoms with van der Waals surface area (Å²) in [6.07, 6.45) is -0.138. The third-order valence-corrected chi connectivity index (χ3v) is 3.99. The lowest BCUT2D eigenvalue weighted by molar-refractivity contribution is 0.0896. The first-order valence-electron chi connectivity index (χ1n) is 6.33. The molecule has 3 rings (SSSR count). The Morgan fingerprint density at radius 1 is 0.895 bits per heavy atom.